The van der Waals surface area contributed by atoms with Gasteiger partial charge in [-0.1, -0.05) is 57.2 Å². The molecule has 0 fully saturated rings. The van der Waals surface area contributed by atoms with Crippen molar-refractivity contribution in [3.63, 3.8) is 0 Å². The fourth-order valence-electron chi connectivity index (χ4n) is 5.21. The molecule has 0 amide bonds. The Balaban J connectivity index is 1.81. The minimum atomic E-state index is -0.398. The van der Waals surface area contributed by atoms with E-state index in [-0.39, 0.29) is 11.2 Å². The molecule has 5 rings (SSSR count). The standard InChI is InChI=1S/C28H27N3OS/c1-4-18-12-13-24(33-18)25-20(16-29)27(30)31(22-14-28(2,3)15-23(32)26(22)25)21-11-7-9-17-8-5-6-10-19(17)21/h5-13,25H,4,14-15,30H2,1-3H3. The van der Waals surface area contributed by atoms with Crippen LogP contribution in [0.3, 0.4) is 0 Å². The maximum atomic E-state index is 13.7. The fraction of sp³-hybridized carbons (Fsp3) is 0.286. The van der Waals surface area contributed by atoms with Gasteiger partial charge >= 0.3 is 0 Å². The molecule has 1 atom stereocenters. The number of nitrogens with two attached hydrogens (primary N) is 1. The van der Waals surface area contributed by atoms with Crippen molar-refractivity contribution in [2.75, 3.05) is 4.90 Å². The summed E-state index contributed by atoms with van der Waals surface area (Å²) in [6.07, 6.45) is 2.11. The first-order chi connectivity index (χ1) is 15.8. The van der Waals surface area contributed by atoms with Crippen LogP contribution >= 0.6 is 11.3 Å². The van der Waals surface area contributed by atoms with E-state index in [1.807, 2.05) is 29.2 Å². The van der Waals surface area contributed by atoms with Gasteiger partial charge in [-0.05, 0) is 41.8 Å². The van der Waals surface area contributed by atoms with Gasteiger partial charge in [0, 0.05) is 32.8 Å². The number of aryl methyl sites for hydroxylation is 1. The third kappa shape index (κ3) is 3.46. The number of hydrogen-bond acceptors (Lipinski definition) is 5. The second-order valence-corrected chi connectivity index (χ2v) is 10.8. The van der Waals surface area contributed by atoms with Gasteiger partial charge < -0.3 is 5.73 Å². The van der Waals surface area contributed by atoms with Crippen LogP contribution in [-0.4, -0.2) is 5.78 Å². The Kier molecular flexibility index (Phi) is 5.14. The van der Waals surface area contributed by atoms with Crippen LogP contribution in [0.4, 0.5) is 5.69 Å². The predicted octanol–water partition coefficient (Wildman–Crippen LogP) is 6.40. The number of thiophene rings is 1. The highest BCUT2D eigenvalue weighted by Crippen LogP contribution is 2.51. The van der Waals surface area contributed by atoms with Crippen LogP contribution < -0.4 is 10.6 Å². The number of carbonyl (C=O) groups is 1. The number of anilines is 1. The highest BCUT2D eigenvalue weighted by Gasteiger charge is 2.45. The van der Waals surface area contributed by atoms with Crippen LogP contribution in [0.2, 0.25) is 0 Å². The zero-order chi connectivity index (χ0) is 23.3. The molecule has 4 nitrogen and oxygen atoms in total. The van der Waals surface area contributed by atoms with Gasteiger partial charge in [-0.25, -0.2) is 0 Å². The molecule has 1 unspecified atom stereocenters. The molecule has 2 aliphatic rings. The Bertz CT molecular complexity index is 1380. The third-order valence-corrected chi connectivity index (χ3v) is 8.00. The van der Waals surface area contributed by atoms with Crippen LogP contribution in [-0.2, 0) is 11.2 Å². The molecule has 33 heavy (non-hydrogen) atoms. The number of benzene rings is 2. The first kappa shape index (κ1) is 21.5. The van der Waals surface area contributed by atoms with Crippen molar-refractivity contribution in [3.05, 3.63) is 87.0 Å². The lowest BCUT2D eigenvalue weighted by molar-refractivity contribution is -0.118. The summed E-state index contributed by atoms with van der Waals surface area (Å²) in [4.78, 5) is 17.9. The fourth-order valence-corrected chi connectivity index (χ4v) is 6.28. The number of nitrogens with zero attached hydrogens (tertiary/aromatic N) is 2. The van der Waals surface area contributed by atoms with Crippen molar-refractivity contribution >= 4 is 33.6 Å². The smallest absolute Gasteiger partial charge is 0.162 e. The van der Waals surface area contributed by atoms with Crippen LogP contribution in [0.15, 0.2) is 77.3 Å². The van der Waals surface area contributed by atoms with E-state index in [1.165, 1.54) is 4.88 Å². The Morgan fingerprint density at radius 2 is 1.88 bits per heavy atom. The first-order valence-electron chi connectivity index (χ1n) is 11.4. The van der Waals surface area contributed by atoms with Gasteiger partial charge in [0.05, 0.1) is 23.2 Å². The van der Waals surface area contributed by atoms with Gasteiger partial charge in [0.15, 0.2) is 5.78 Å². The Morgan fingerprint density at radius 3 is 2.61 bits per heavy atom. The summed E-state index contributed by atoms with van der Waals surface area (Å²) in [6.45, 7) is 6.38. The minimum absolute atomic E-state index is 0.114. The van der Waals surface area contributed by atoms with Gasteiger partial charge in [-0.2, -0.15) is 5.26 Å². The van der Waals surface area contributed by atoms with E-state index >= 15 is 0 Å². The molecule has 0 radical (unpaired) electrons. The molecule has 3 aromatic rings. The number of allylic oxidation sites excluding steroid dienone is 3. The molecule has 5 heteroatoms. The topological polar surface area (TPSA) is 70.1 Å². The molecular weight excluding hydrogens is 426 g/mol. The number of hydrogen-bond donors (Lipinski definition) is 1. The van der Waals surface area contributed by atoms with Crippen molar-refractivity contribution in [2.24, 2.45) is 11.1 Å². The average molecular weight is 454 g/mol. The Labute approximate surface area is 198 Å². The molecule has 0 bridgehead atoms. The molecule has 2 aromatic carbocycles. The number of nitriles is 1. The summed E-state index contributed by atoms with van der Waals surface area (Å²) < 4.78 is 0. The van der Waals surface area contributed by atoms with Crippen molar-refractivity contribution in [2.45, 2.75) is 46.0 Å². The second kappa shape index (κ2) is 7.90. The van der Waals surface area contributed by atoms with Gasteiger partial charge in [-0.3, -0.25) is 9.69 Å². The lowest BCUT2D eigenvalue weighted by Crippen LogP contribution is -2.42. The van der Waals surface area contributed by atoms with Crippen LogP contribution in [0, 0.1) is 16.7 Å². The van der Waals surface area contributed by atoms with Crippen LogP contribution in [0.5, 0.6) is 0 Å². The van der Waals surface area contributed by atoms with Gasteiger partial charge in [0.1, 0.15) is 5.82 Å². The Morgan fingerprint density at radius 1 is 1.12 bits per heavy atom. The van der Waals surface area contributed by atoms with Gasteiger partial charge in [-0.15, -0.1) is 11.3 Å². The van der Waals surface area contributed by atoms with E-state index < -0.39 is 5.92 Å². The van der Waals surface area contributed by atoms with Crippen LogP contribution in [0.1, 0.15) is 49.3 Å². The molecule has 0 saturated heterocycles. The summed E-state index contributed by atoms with van der Waals surface area (Å²) in [6, 6.07) is 20.8. The van der Waals surface area contributed by atoms with Crippen molar-refractivity contribution in [1.82, 2.24) is 0 Å². The summed E-state index contributed by atoms with van der Waals surface area (Å²) in [5.41, 5.74) is 9.66. The SMILES string of the molecule is CCc1ccc(C2C(C#N)=C(N)N(c3cccc4ccccc34)C3=C2C(=O)CC(C)(C)C3)s1. The number of rotatable bonds is 3. The quantitative estimate of drug-likeness (QED) is 0.498. The monoisotopic (exact) mass is 453 g/mol. The molecule has 2 N–H and O–H groups in total. The largest absolute Gasteiger partial charge is 0.384 e. The zero-order valence-electron chi connectivity index (χ0n) is 19.2. The molecule has 1 aliphatic carbocycles. The van der Waals surface area contributed by atoms with E-state index in [1.54, 1.807) is 11.3 Å². The van der Waals surface area contributed by atoms with Crippen molar-refractivity contribution in [3.8, 4) is 6.07 Å². The lowest BCUT2D eigenvalue weighted by atomic mass is 9.69. The Hall–Kier alpha value is -3.36. The molecule has 1 aliphatic heterocycles. The number of ketones is 1. The van der Waals surface area contributed by atoms with E-state index in [0.717, 1.165) is 45.4 Å². The molecule has 1 aromatic heterocycles. The summed E-state index contributed by atoms with van der Waals surface area (Å²) in [5.74, 6) is 0.142. The number of fused-ring (bicyclic) bond motifs is 1. The number of carbonyl (C=O) groups excluding carboxylic acids is 1. The first-order valence-corrected chi connectivity index (χ1v) is 12.2. The molecule has 2 heterocycles. The van der Waals surface area contributed by atoms with Gasteiger partial charge in [0.2, 0.25) is 0 Å². The second-order valence-electron chi connectivity index (χ2n) is 9.64. The maximum absolute atomic E-state index is 13.7. The van der Waals surface area contributed by atoms with E-state index in [2.05, 4.69) is 57.2 Å². The molecular formula is C28H27N3OS. The molecule has 0 saturated carbocycles. The summed E-state index contributed by atoms with van der Waals surface area (Å²) in [7, 11) is 0. The maximum Gasteiger partial charge on any atom is 0.162 e. The normalized spacial score (nSPS) is 20.2. The van der Waals surface area contributed by atoms with Crippen molar-refractivity contribution in [1.29, 1.82) is 5.26 Å². The average Bonchev–Trinajstić information content (AvgIpc) is 3.26. The highest BCUT2D eigenvalue weighted by atomic mass is 32.1. The summed E-state index contributed by atoms with van der Waals surface area (Å²) >= 11 is 1.67. The van der Waals surface area contributed by atoms with Gasteiger partial charge in [0.25, 0.3) is 0 Å². The summed E-state index contributed by atoms with van der Waals surface area (Å²) in [5, 5.41) is 12.4. The van der Waals surface area contributed by atoms with E-state index in [4.69, 9.17) is 5.73 Å². The van der Waals surface area contributed by atoms with Crippen LogP contribution in [0.25, 0.3) is 10.8 Å². The lowest BCUT2D eigenvalue weighted by Gasteiger charge is -2.43. The predicted molar refractivity (Wildman–Crippen MR) is 135 cm³/mol. The third-order valence-electron chi connectivity index (χ3n) is 6.70. The zero-order valence-corrected chi connectivity index (χ0v) is 20.0. The molecule has 0 spiro atoms. The van der Waals surface area contributed by atoms with E-state index in [0.29, 0.717) is 17.8 Å². The highest BCUT2D eigenvalue weighted by molar-refractivity contribution is 7.12. The van der Waals surface area contributed by atoms with E-state index in [9.17, 15) is 10.1 Å². The van der Waals surface area contributed by atoms with Crippen molar-refractivity contribution < 1.29 is 4.79 Å². The number of Topliss-reactive ketones (excluding diaryl/α,β-unsaturated/α-hetero) is 1. The minimum Gasteiger partial charge on any atom is -0.384 e. The molecule has 166 valence electrons.